The van der Waals surface area contributed by atoms with E-state index in [-0.39, 0.29) is 0 Å². The van der Waals surface area contributed by atoms with Crippen molar-refractivity contribution >= 4 is 0 Å². The highest BCUT2D eigenvalue weighted by Gasteiger charge is 2.05. The highest BCUT2D eigenvalue weighted by molar-refractivity contribution is 4.58. The second kappa shape index (κ2) is 3.27. The molecule has 0 N–H and O–H groups in total. The third-order valence-corrected chi connectivity index (χ3v) is 1.50. The molecule has 4 nitrogen and oxygen atoms in total. The third kappa shape index (κ3) is 1.87. The van der Waals surface area contributed by atoms with Crippen LogP contribution >= 0.6 is 0 Å². The summed E-state index contributed by atoms with van der Waals surface area (Å²) < 4.78 is 0. The zero-order valence-corrected chi connectivity index (χ0v) is 5.29. The smallest absolute Gasteiger partial charge is 0.0377 e. The molecule has 0 aromatic rings. The Kier molecular flexibility index (Phi) is 2.30. The van der Waals surface area contributed by atoms with Crippen LogP contribution in [0.15, 0.2) is 10.5 Å². The van der Waals surface area contributed by atoms with Crippen LogP contribution in [-0.2, 0) is 0 Å². The van der Waals surface area contributed by atoms with Crippen molar-refractivity contribution in [3.63, 3.8) is 0 Å². The van der Waals surface area contributed by atoms with Crippen molar-refractivity contribution in [2.45, 2.75) is 19.3 Å². The Morgan fingerprint density at radius 1 is 1.11 bits per heavy atom. The molecule has 0 radical (unpaired) electrons. The van der Waals surface area contributed by atoms with Crippen LogP contribution in [0.3, 0.4) is 0 Å². The summed E-state index contributed by atoms with van der Waals surface area (Å²) in [7, 11) is 0. The minimum absolute atomic E-state index is 0.895. The summed E-state index contributed by atoms with van der Waals surface area (Å²) in [5.41, 5.74) is 0. The Morgan fingerprint density at radius 3 is 2.33 bits per heavy atom. The van der Waals surface area contributed by atoms with E-state index in [9.17, 15) is 5.21 Å². The first kappa shape index (κ1) is 6.32. The van der Waals surface area contributed by atoms with Gasteiger partial charge in [-0.15, -0.1) is 0 Å². The number of nitrogens with zero attached hydrogens (tertiary/aromatic N) is 3. The molecule has 1 rings (SSSR count). The molecule has 1 heterocycles. The van der Waals surface area contributed by atoms with E-state index in [2.05, 4.69) is 10.5 Å². The van der Waals surface area contributed by atoms with Crippen LogP contribution in [0, 0.1) is 5.21 Å². The lowest BCUT2D eigenvalue weighted by molar-refractivity contribution is 0.224. The van der Waals surface area contributed by atoms with E-state index in [1.54, 1.807) is 5.01 Å². The van der Waals surface area contributed by atoms with Crippen LogP contribution in [-0.4, -0.2) is 18.1 Å². The average molecular weight is 128 g/mol. The van der Waals surface area contributed by atoms with E-state index in [1.165, 1.54) is 6.42 Å². The fraction of sp³-hybridized carbons (Fsp3) is 1.00. The maximum absolute atomic E-state index is 9.61. The second-order valence-corrected chi connectivity index (χ2v) is 2.19. The molecule has 0 saturated carbocycles. The molecule has 1 aliphatic rings. The van der Waals surface area contributed by atoms with Crippen molar-refractivity contribution in [1.82, 2.24) is 5.01 Å². The maximum atomic E-state index is 9.61. The van der Waals surface area contributed by atoms with Gasteiger partial charge in [0.25, 0.3) is 0 Å². The Labute approximate surface area is 54.1 Å². The van der Waals surface area contributed by atoms with Crippen LogP contribution in [0.4, 0.5) is 0 Å². The molecule has 0 aliphatic carbocycles. The van der Waals surface area contributed by atoms with Crippen LogP contribution in [0.25, 0.3) is 0 Å². The van der Waals surface area contributed by atoms with Gasteiger partial charge in [0.2, 0.25) is 0 Å². The second-order valence-electron chi connectivity index (χ2n) is 2.19. The molecule has 1 saturated heterocycles. The summed E-state index contributed by atoms with van der Waals surface area (Å²) in [5.74, 6) is 0. The molecule has 9 heavy (non-hydrogen) atoms. The Bertz CT molecular complexity index is 98.4. The number of piperidine rings is 1. The summed E-state index contributed by atoms with van der Waals surface area (Å²) in [6, 6.07) is 0. The van der Waals surface area contributed by atoms with Gasteiger partial charge in [0.1, 0.15) is 0 Å². The molecule has 4 heteroatoms. The highest BCUT2D eigenvalue weighted by Crippen LogP contribution is 2.08. The summed E-state index contributed by atoms with van der Waals surface area (Å²) in [4.78, 5) is 0. The van der Waals surface area contributed by atoms with Crippen molar-refractivity contribution in [1.29, 1.82) is 0 Å². The van der Waals surface area contributed by atoms with E-state index in [4.69, 9.17) is 0 Å². The van der Waals surface area contributed by atoms with Gasteiger partial charge < -0.3 is 5.21 Å². The maximum Gasteiger partial charge on any atom is 0.0377 e. The van der Waals surface area contributed by atoms with Crippen molar-refractivity contribution in [3.8, 4) is 0 Å². The van der Waals surface area contributed by atoms with Gasteiger partial charge in [0.05, 0.1) is 0 Å². The van der Waals surface area contributed by atoms with Crippen molar-refractivity contribution < 1.29 is 0 Å². The van der Waals surface area contributed by atoms with Crippen LogP contribution < -0.4 is 0 Å². The number of hydrogen-bond acceptors (Lipinski definition) is 3. The predicted molar refractivity (Wildman–Crippen MR) is 33.6 cm³/mol. The van der Waals surface area contributed by atoms with Gasteiger partial charge in [-0.2, -0.15) is 5.28 Å². The molecule has 0 unspecified atom stereocenters. The number of hydrogen-bond donors (Lipinski definition) is 0. The lowest BCUT2D eigenvalue weighted by Gasteiger charge is -2.22. The zero-order valence-electron chi connectivity index (χ0n) is 5.29. The van der Waals surface area contributed by atoms with Gasteiger partial charge in [-0.25, -0.2) is 0 Å². The summed E-state index contributed by atoms with van der Waals surface area (Å²) in [5, 5.41) is 17.2. The Balaban J connectivity index is 2.23. The molecule has 1 fully saturated rings. The van der Waals surface area contributed by atoms with Gasteiger partial charge in [-0.3, -0.25) is 5.01 Å². The van der Waals surface area contributed by atoms with Crippen LogP contribution in [0.1, 0.15) is 19.3 Å². The summed E-state index contributed by atoms with van der Waals surface area (Å²) in [6.45, 7) is 1.79. The molecular weight excluding hydrogens is 118 g/mol. The highest BCUT2D eigenvalue weighted by atomic mass is 16.5. The predicted octanol–water partition coefficient (Wildman–Crippen LogP) is 1.34. The summed E-state index contributed by atoms with van der Waals surface area (Å²) in [6.07, 6.45) is 3.53. The van der Waals surface area contributed by atoms with Crippen LogP contribution in [0.2, 0.25) is 0 Å². The van der Waals surface area contributed by atoms with Crippen LogP contribution in [0.5, 0.6) is 0 Å². The third-order valence-electron chi connectivity index (χ3n) is 1.50. The Hall–Kier alpha value is -0.800. The van der Waals surface area contributed by atoms with E-state index in [1.807, 2.05) is 0 Å². The minimum Gasteiger partial charge on any atom is -0.774 e. The van der Waals surface area contributed by atoms with Gasteiger partial charge in [-0.1, -0.05) is 5.22 Å². The molecule has 0 spiro atoms. The van der Waals surface area contributed by atoms with E-state index < -0.39 is 0 Å². The molecule has 0 bridgehead atoms. The van der Waals surface area contributed by atoms with Gasteiger partial charge in [0, 0.05) is 13.1 Å². The molecule has 0 aromatic carbocycles. The topological polar surface area (TPSA) is 51.0 Å². The van der Waals surface area contributed by atoms with E-state index >= 15 is 0 Å². The van der Waals surface area contributed by atoms with E-state index in [0.29, 0.717) is 0 Å². The molecule has 0 atom stereocenters. The molecular formula is C5H10N3O-. The van der Waals surface area contributed by atoms with Gasteiger partial charge in [-0.05, 0) is 19.3 Å². The van der Waals surface area contributed by atoms with Gasteiger partial charge in [0.15, 0.2) is 0 Å². The first-order valence-corrected chi connectivity index (χ1v) is 3.22. The van der Waals surface area contributed by atoms with Gasteiger partial charge >= 0.3 is 0 Å². The van der Waals surface area contributed by atoms with Crippen molar-refractivity contribution in [2.24, 2.45) is 10.5 Å². The standard InChI is InChI=1S/C5H11N3O/c9-7-6-8-4-2-1-3-5-8/h1-5H2,(H,6,9)/p-1. The van der Waals surface area contributed by atoms with Crippen molar-refractivity contribution in [2.75, 3.05) is 13.1 Å². The molecule has 0 amide bonds. The quantitative estimate of drug-likeness (QED) is 0.395. The normalized spacial score (nSPS) is 21.1. The Morgan fingerprint density at radius 2 is 1.78 bits per heavy atom. The zero-order chi connectivity index (χ0) is 6.53. The molecule has 1 aliphatic heterocycles. The fourth-order valence-corrected chi connectivity index (χ4v) is 1.02. The first-order chi connectivity index (χ1) is 4.43. The fourth-order valence-electron chi connectivity index (χ4n) is 1.02. The summed E-state index contributed by atoms with van der Waals surface area (Å²) >= 11 is 0. The lowest BCUT2D eigenvalue weighted by atomic mass is 10.2. The largest absolute Gasteiger partial charge is 0.774 e. The average Bonchev–Trinajstić information content (AvgIpc) is 1.91. The molecule has 0 aromatic heterocycles. The first-order valence-electron chi connectivity index (χ1n) is 3.22. The van der Waals surface area contributed by atoms with Crippen molar-refractivity contribution in [3.05, 3.63) is 5.21 Å². The lowest BCUT2D eigenvalue weighted by Crippen LogP contribution is -2.23. The monoisotopic (exact) mass is 128 g/mol. The SMILES string of the molecule is [O-]/N=N/N1CCCCC1. The molecule has 52 valence electrons. The minimum atomic E-state index is 0.895. The number of rotatable bonds is 1. The van der Waals surface area contributed by atoms with E-state index in [0.717, 1.165) is 25.9 Å².